The van der Waals surface area contributed by atoms with Crippen molar-refractivity contribution in [2.45, 2.75) is 19.9 Å². The minimum Gasteiger partial charge on any atom is -0.309 e. The molecule has 19 heavy (non-hydrogen) atoms. The molecule has 1 N–H and O–H groups in total. The molecule has 1 unspecified atom stereocenters. The van der Waals surface area contributed by atoms with Gasteiger partial charge < -0.3 is 5.32 Å². The van der Waals surface area contributed by atoms with Crippen molar-refractivity contribution in [3.8, 4) is 0 Å². The third kappa shape index (κ3) is 3.04. The molecule has 0 saturated carbocycles. The van der Waals surface area contributed by atoms with E-state index in [1.807, 2.05) is 25.2 Å². The maximum atomic E-state index is 13.4. The number of hydrogen-bond donors (Lipinski definition) is 1. The van der Waals surface area contributed by atoms with Gasteiger partial charge in [0.1, 0.15) is 5.82 Å². The van der Waals surface area contributed by atoms with E-state index in [9.17, 15) is 4.39 Å². The fourth-order valence-electron chi connectivity index (χ4n) is 2.22. The van der Waals surface area contributed by atoms with Gasteiger partial charge in [-0.2, -0.15) is 0 Å². The van der Waals surface area contributed by atoms with E-state index in [4.69, 9.17) is 0 Å². The second kappa shape index (κ2) is 5.85. The highest BCUT2D eigenvalue weighted by Gasteiger charge is 2.13. The molecule has 0 heterocycles. The Bertz CT molecular complexity index is 544. The van der Waals surface area contributed by atoms with E-state index in [0.717, 1.165) is 10.0 Å². The van der Waals surface area contributed by atoms with E-state index in [0.29, 0.717) is 5.56 Å². The molecule has 100 valence electrons. The number of rotatable bonds is 3. The van der Waals surface area contributed by atoms with Gasteiger partial charge >= 0.3 is 0 Å². The second-order valence-corrected chi connectivity index (χ2v) is 5.59. The Kier molecular flexibility index (Phi) is 4.38. The van der Waals surface area contributed by atoms with Crippen molar-refractivity contribution in [2.75, 3.05) is 7.05 Å². The van der Waals surface area contributed by atoms with Crippen LogP contribution in [-0.4, -0.2) is 7.05 Å². The van der Waals surface area contributed by atoms with Crippen LogP contribution in [-0.2, 0) is 0 Å². The Morgan fingerprint density at radius 1 is 1.00 bits per heavy atom. The Hall–Kier alpha value is -1.19. The third-order valence-electron chi connectivity index (χ3n) is 3.32. The van der Waals surface area contributed by atoms with Gasteiger partial charge in [0.05, 0.1) is 6.04 Å². The summed E-state index contributed by atoms with van der Waals surface area (Å²) in [6, 6.07) is 11.6. The van der Waals surface area contributed by atoms with Crippen molar-refractivity contribution >= 4 is 15.9 Å². The van der Waals surface area contributed by atoms with Gasteiger partial charge in [-0.25, -0.2) is 4.39 Å². The summed E-state index contributed by atoms with van der Waals surface area (Å²) in [4.78, 5) is 0. The number of hydrogen-bond acceptors (Lipinski definition) is 1. The predicted molar refractivity (Wildman–Crippen MR) is 80.9 cm³/mol. The van der Waals surface area contributed by atoms with Crippen LogP contribution in [0, 0.1) is 19.7 Å². The van der Waals surface area contributed by atoms with Crippen LogP contribution >= 0.6 is 15.9 Å². The van der Waals surface area contributed by atoms with Gasteiger partial charge in [-0.1, -0.05) is 40.2 Å². The molecule has 1 nitrogen and oxygen atoms in total. The third-order valence-corrected chi connectivity index (χ3v) is 4.21. The molecule has 0 aliphatic heterocycles. The monoisotopic (exact) mass is 321 g/mol. The Labute approximate surface area is 122 Å². The van der Waals surface area contributed by atoms with Crippen LogP contribution in [0.4, 0.5) is 4.39 Å². The first kappa shape index (κ1) is 14.2. The van der Waals surface area contributed by atoms with Crippen molar-refractivity contribution in [3.63, 3.8) is 0 Å². The highest BCUT2D eigenvalue weighted by Crippen LogP contribution is 2.26. The molecule has 0 amide bonds. The summed E-state index contributed by atoms with van der Waals surface area (Å²) in [5.41, 5.74) is 4.11. The van der Waals surface area contributed by atoms with Gasteiger partial charge in [0.15, 0.2) is 0 Å². The standard InChI is InChI=1S/C16H17BrFN/c1-10-8-12(4-6-14(10)17)16(19-3)13-5-7-15(18)11(2)9-13/h4-9,16,19H,1-3H3. The first-order valence-corrected chi connectivity index (χ1v) is 7.01. The molecule has 0 fully saturated rings. The SMILES string of the molecule is CNC(c1ccc(F)c(C)c1)c1ccc(Br)c(C)c1. The number of halogens is 2. The summed E-state index contributed by atoms with van der Waals surface area (Å²) in [7, 11) is 1.92. The first-order chi connectivity index (χ1) is 9.02. The molecule has 0 radical (unpaired) electrons. The summed E-state index contributed by atoms with van der Waals surface area (Å²) in [6.07, 6.45) is 0. The Morgan fingerprint density at radius 3 is 2.11 bits per heavy atom. The lowest BCUT2D eigenvalue weighted by molar-refractivity contribution is 0.614. The van der Waals surface area contributed by atoms with Crippen molar-refractivity contribution in [1.29, 1.82) is 0 Å². The molecule has 1 atom stereocenters. The summed E-state index contributed by atoms with van der Waals surface area (Å²) in [6.45, 7) is 3.86. The van der Waals surface area contributed by atoms with Gasteiger partial charge in [0, 0.05) is 4.47 Å². The van der Waals surface area contributed by atoms with E-state index < -0.39 is 0 Å². The summed E-state index contributed by atoms with van der Waals surface area (Å²) in [5.74, 6) is -0.161. The number of benzene rings is 2. The maximum absolute atomic E-state index is 13.4. The molecule has 3 heteroatoms. The van der Waals surface area contributed by atoms with Crippen LogP contribution in [0.15, 0.2) is 40.9 Å². The highest BCUT2D eigenvalue weighted by atomic mass is 79.9. The lowest BCUT2D eigenvalue weighted by Crippen LogP contribution is -2.18. The molecule has 2 rings (SSSR count). The molecule has 0 aromatic heterocycles. The zero-order chi connectivity index (χ0) is 14.0. The maximum Gasteiger partial charge on any atom is 0.126 e. The van der Waals surface area contributed by atoms with Crippen LogP contribution in [0.3, 0.4) is 0 Å². The largest absolute Gasteiger partial charge is 0.309 e. The zero-order valence-corrected chi connectivity index (χ0v) is 12.9. The highest BCUT2D eigenvalue weighted by molar-refractivity contribution is 9.10. The van der Waals surface area contributed by atoms with Crippen molar-refractivity contribution in [1.82, 2.24) is 5.32 Å². The van der Waals surface area contributed by atoms with Crippen LogP contribution in [0.2, 0.25) is 0 Å². The predicted octanol–water partition coefficient (Wildman–Crippen LogP) is 4.51. The second-order valence-electron chi connectivity index (χ2n) is 4.74. The van der Waals surface area contributed by atoms with Crippen molar-refractivity contribution in [3.05, 3.63) is 68.9 Å². The van der Waals surface area contributed by atoms with E-state index in [1.54, 1.807) is 6.92 Å². The van der Waals surface area contributed by atoms with Crippen LogP contribution in [0.5, 0.6) is 0 Å². The molecule has 0 aliphatic carbocycles. The molecule has 2 aromatic carbocycles. The number of nitrogens with one attached hydrogen (secondary N) is 1. The van der Waals surface area contributed by atoms with Crippen LogP contribution in [0.1, 0.15) is 28.3 Å². The lowest BCUT2D eigenvalue weighted by Gasteiger charge is -2.19. The summed E-state index contributed by atoms with van der Waals surface area (Å²) < 4.78 is 14.5. The molecule has 0 saturated heterocycles. The molecule has 0 bridgehead atoms. The lowest BCUT2D eigenvalue weighted by atomic mass is 9.96. The average Bonchev–Trinajstić information content (AvgIpc) is 2.39. The molecular formula is C16H17BrFN. The van der Waals surface area contributed by atoms with Crippen LogP contribution in [0.25, 0.3) is 0 Å². The minimum atomic E-state index is -0.161. The van der Waals surface area contributed by atoms with Gasteiger partial charge in [-0.15, -0.1) is 0 Å². The van der Waals surface area contributed by atoms with Crippen molar-refractivity contribution in [2.24, 2.45) is 0 Å². The van der Waals surface area contributed by atoms with Crippen molar-refractivity contribution < 1.29 is 4.39 Å². The van der Waals surface area contributed by atoms with E-state index in [-0.39, 0.29) is 11.9 Å². The van der Waals surface area contributed by atoms with E-state index >= 15 is 0 Å². The average molecular weight is 322 g/mol. The van der Waals surface area contributed by atoms with Crippen LogP contribution < -0.4 is 5.32 Å². The summed E-state index contributed by atoms with van der Waals surface area (Å²) in [5, 5.41) is 3.29. The smallest absolute Gasteiger partial charge is 0.126 e. The summed E-state index contributed by atoms with van der Waals surface area (Å²) >= 11 is 3.51. The first-order valence-electron chi connectivity index (χ1n) is 6.22. The normalized spacial score (nSPS) is 12.5. The van der Waals surface area contributed by atoms with Gasteiger partial charge in [0.2, 0.25) is 0 Å². The van der Waals surface area contributed by atoms with E-state index in [1.165, 1.54) is 17.2 Å². The van der Waals surface area contributed by atoms with E-state index in [2.05, 4.69) is 40.3 Å². The number of aryl methyl sites for hydroxylation is 2. The Balaban J connectivity index is 2.43. The van der Waals surface area contributed by atoms with Gasteiger partial charge in [-0.05, 0) is 55.3 Å². The minimum absolute atomic E-state index is 0.0751. The fourth-order valence-corrected chi connectivity index (χ4v) is 2.47. The fraction of sp³-hybridized carbons (Fsp3) is 0.250. The Morgan fingerprint density at radius 2 is 1.58 bits per heavy atom. The zero-order valence-electron chi connectivity index (χ0n) is 11.3. The molecule has 2 aromatic rings. The molecular weight excluding hydrogens is 305 g/mol. The molecule has 0 aliphatic rings. The van der Waals surface area contributed by atoms with Gasteiger partial charge in [0.25, 0.3) is 0 Å². The molecule has 0 spiro atoms. The quantitative estimate of drug-likeness (QED) is 0.876. The van der Waals surface area contributed by atoms with Gasteiger partial charge in [-0.3, -0.25) is 0 Å². The topological polar surface area (TPSA) is 12.0 Å².